The van der Waals surface area contributed by atoms with Gasteiger partial charge < -0.3 is 0 Å². The molecule has 0 aliphatic rings. The molecule has 0 saturated heterocycles. The first kappa shape index (κ1) is 23.6. The highest BCUT2D eigenvalue weighted by Gasteiger charge is 2.44. The summed E-state index contributed by atoms with van der Waals surface area (Å²) in [4.78, 5) is 13.7. The van der Waals surface area contributed by atoms with E-state index in [0.29, 0.717) is 12.8 Å². The van der Waals surface area contributed by atoms with Gasteiger partial charge in [-0.2, -0.15) is 8.78 Å². The number of rotatable bonds is 11. The van der Waals surface area contributed by atoms with E-state index in [0.717, 1.165) is 16.0 Å². The zero-order valence-corrected chi connectivity index (χ0v) is 18.4. The molecule has 0 unspecified atom stereocenters. The minimum Gasteiger partial charge on any atom is -0.299 e. The van der Waals surface area contributed by atoms with Crippen molar-refractivity contribution >= 4 is 29.1 Å². The van der Waals surface area contributed by atoms with Crippen LogP contribution in [0.15, 0.2) is 72.1 Å². The Kier molecular flexibility index (Phi) is 8.91. The minimum absolute atomic E-state index is 0.227. The van der Waals surface area contributed by atoms with Gasteiger partial charge in [-0.15, -0.1) is 18.3 Å². The second-order valence-electron chi connectivity index (χ2n) is 7.29. The van der Waals surface area contributed by atoms with Gasteiger partial charge in [-0.1, -0.05) is 61.0 Å². The molecule has 3 atom stereocenters. The number of alkyl halides is 3. The summed E-state index contributed by atoms with van der Waals surface area (Å²) in [5.41, 5.74) is 1.92. The second kappa shape index (κ2) is 10.9. The number of aryl methyl sites for hydroxylation is 1. The van der Waals surface area contributed by atoms with Crippen molar-refractivity contribution in [2.45, 2.75) is 54.6 Å². The van der Waals surface area contributed by atoms with E-state index in [1.165, 1.54) is 11.8 Å². The highest BCUT2D eigenvalue weighted by molar-refractivity contribution is 8.00. The molecular formula is C24H27ClF2OS. The zero-order chi connectivity index (χ0) is 21.4. The maximum atomic E-state index is 14.4. The summed E-state index contributed by atoms with van der Waals surface area (Å²) in [7, 11) is 0. The average Bonchev–Trinajstić information content (AvgIpc) is 2.70. The largest absolute Gasteiger partial charge is 0.325 e. The first-order chi connectivity index (χ1) is 13.7. The Labute approximate surface area is 181 Å². The van der Waals surface area contributed by atoms with Gasteiger partial charge >= 0.3 is 5.38 Å². The van der Waals surface area contributed by atoms with E-state index in [1.807, 2.05) is 61.5 Å². The van der Waals surface area contributed by atoms with Crippen molar-refractivity contribution < 1.29 is 13.6 Å². The van der Waals surface area contributed by atoms with Crippen molar-refractivity contribution in [3.63, 3.8) is 0 Å². The third kappa shape index (κ3) is 7.27. The van der Waals surface area contributed by atoms with Crippen LogP contribution in [-0.4, -0.2) is 16.4 Å². The number of ketones is 1. The zero-order valence-electron chi connectivity index (χ0n) is 16.8. The molecule has 0 N–H and O–H groups in total. The molecule has 0 saturated carbocycles. The van der Waals surface area contributed by atoms with Gasteiger partial charge in [0.15, 0.2) is 0 Å². The number of Topliss-reactive ketones (excluding diaryl/α,β-unsaturated/α-hetero) is 1. The predicted molar refractivity (Wildman–Crippen MR) is 119 cm³/mol. The molecule has 0 fully saturated rings. The van der Waals surface area contributed by atoms with Crippen molar-refractivity contribution in [3.8, 4) is 0 Å². The van der Waals surface area contributed by atoms with Gasteiger partial charge in [-0.3, -0.25) is 4.79 Å². The van der Waals surface area contributed by atoms with Gasteiger partial charge in [0.25, 0.3) is 0 Å². The molecule has 2 aromatic rings. The molecule has 2 aromatic carbocycles. The van der Waals surface area contributed by atoms with Crippen LogP contribution in [0.2, 0.25) is 0 Å². The molecular weight excluding hydrogens is 410 g/mol. The maximum absolute atomic E-state index is 14.4. The molecule has 5 heteroatoms. The van der Waals surface area contributed by atoms with Crippen LogP contribution in [0.3, 0.4) is 0 Å². The van der Waals surface area contributed by atoms with Crippen LogP contribution in [0.25, 0.3) is 0 Å². The van der Waals surface area contributed by atoms with E-state index in [-0.39, 0.29) is 12.2 Å². The number of carbonyl (C=O) groups is 1. The number of benzene rings is 2. The minimum atomic E-state index is -3.48. The normalized spacial score (nSPS) is 14.8. The topological polar surface area (TPSA) is 17.1 Å². The van der Waals surface area contributed by atoms with Gasteiger partial charge in [0.05, 0.1) is 5.92 Å². The van der Waals surface area contributed by atoms with Gasteiger partial charge in [0, 0.05) is 22.5 Å². The molecule has 0 aromatic heterocycles. The lowest BCUT2D eigenvalue weighted by atomic mass is 9.88. The Morgan fingerprint density at radius 3 is 2.34 bits per heavy atom. The molecule has 0 heterocycles. The number of carbonyl (C=O) groups excluding carboxylic acids is 1. The van der Waals surface area contributed by atoms with E-state index < -0.39 is 22.5 Å². The summed E-state index contributed by atoms with van der Waals surface area (Å²) in [5.74, 6) is -1.95. The molecule has 2 rings (SSSR count). The lowest BCUT2D eigenvalue weighted by Crippen LogP contribution is -2.34. The van der Waals surface area contributed by atoms with E-state index in [2.05, 4.69) is 6.58 Å². The molecule has 0 amide bonds. The lowest BCUT2D eigenvalue weighted by molar-refractivity contribution is -0.123. The summed E-state index contributed by atoms with van der Waals surface area (Å²) in [6.45, 7) is 7.44. The third-order valence-electron chi connectivity index (χ3n) is 5.04. The fourth-order valence-corrected chi connectivity index (χ4v) is 4.83. The molecule has 0 bridgehead atoms. The van der Waals surface area contributed by atoms with E-state index in [1.54, 1.807) is 13.0 Å². The smallest absolute Gasteiger partial charge is 0.299 e. The molecule has 0 aliphatic carbocycles. The summed E-state index contributed by atoms with van der Waals surface area (Å²) < 4.78 is 28.9. The Balaban J connectivity index is 2.24. The quantitative estimate of drug-likeness (QED) is 0.204. The molecule has 0 spiro atoms. The summed E-state index contributed by atoms with van der Waals surface area (Å²) in [6.07, 6.45) is 2.49. The van der Waals surface area contributed by atoms with Crippen molar-refractivity contribution in [2.75, 3.05) is 0 Å². The molecule has 156 valence electrons. The number of allylic oxidation sites excluding steroid dienone is 1. The van der Waals surface area contributed by atoms with Gasteiger partial charge in [0.1, 0.15) is 5.78 Å². The van der Waals surface area contributed by atoms with Crippen LogP contribution in [0.1, 0.15) is 43.2 Å². The monoisotopic (exact) mass is 436 g/mol. The van der Waals surface area contributed by atoms with E-state index in [4.69, 9.17) is 11.6 Å². The van der Waals surface area contributed by atoms with E-state index >= 15 is 0 Å². The number of hydrogen-bond donors (Lipinski definition) is 0. The average molecular weight is 437 g/mol. The number of halogens is 3. The Morgan fingerprint density at radius 1 is 1.17 bits per heavy atom. The summed E-state index contributed by atoms with van der Waals surface area (Å²) >= 11 is 6.89. The lowest BCUT2D eigenvalue weighted by Gasteiger charge is -2.30. The highest BCUT2D eigenvalue weighted by atomic mass is 35.5. The van der Waals surface area contributed by atoms with Crippen LogP contribution >= 0.6 is 23.4 Å². The van der Waals surface area contributed by atoms with Crippen molar-refractivity contribution in [1.82, 2.24) is 0 Å². The van der Waals surface area contributed by atoms with Gasteiger partial charge in [0.2, 0.25) is 0 Å². The Hall–Kier alpha value is -1.65. The molecule has 29 heavy (non-hydrogen) atoms. The van der Waals surface area contributed by atoms with Crippen LogP contribution < -0.4 is 0 Å². The second-order valence-corrected chi connectivity index (χ2v) is 9.10. The van der Waals surface area contributed by atoms with Crippen LogP contribution in [0.5, 0.6) is 0 Å². The van der Waals surface area contributed by atoms with Crippen LogP contribution in [-0.2, 0) is 4.79 Å². The van der Waals surface area contributed by atoms with Crippen molar-refractivity contribution in [2.24, 2.45) is 5.92 Å². The summed E-state index contributed by atoms with van der Waals surface area (Å²) in [6, 6.07) is 16.9. The first-order valence-corrected chi connectivity index (χ1v) is 11.0. The van der Waals surface area contributed by atoms with E-state index in [9.17, 15) is 13.6 Å². The Morgan fingerprint density at radius 2 is 1.79 bits per heavy atom. The maximum Gasteiger partial charge on any atom is 0.325 e. The molecule has 0 radical (unpaired) electrons. The first-order valence-electron chi connectivity index (χ1n) is 9.71. The predicted octanol–water partition coefficient (Wildman–Crippen LogP) is 7.63. The number of hydrogen-bond acceptors (Lipinski definition) is 2. The van der Waals surface area contributed by atoms with Gasteiger partial charge in [-0.25, -0.2) is 0 Å². The number of thioether (sulfide) groups is 1. The SMILES string of the molecule is C=CCC[C@H](Sc1ccc(C)cc1)[C@H](CC(=O)[C@@H](C)c1ccccc1)C(F)(F)Cl. The van der Waals surface area contributed by atoms with Gasteiger partial charge in [-0.05, 0) is 49.1 Å². The fraction of sp³-hybridized carbons (Fsp3) is 0.375. The third-order valence-corrected chi connectivity index (χ3v) is 6.73. The van der Waals surface area contributed by atoms with Crippen molar-refractivity contribution in [3.05, 3.63) is 78.4 Å². The Bertz CT molecular complexity index is 787. The fourth-order valence-electron chi connectivity index (χ4n) is 3.20. The van der Waals surface area contributed by atoms with Crippen LogP contribution in [0.4, 0.5) is 8.78 Å². The molecule has 0 aliphatic heterocycles. The molecule has 1 nitrogen and oxygen atoms in total. The van der Waals surface area contributed by atoms with Crippen molar-refractivity contribution in [1.29, 1.82) is 0 Å². The highest BCUT2D eigenvalue weighted by Crippen LogP contribution is 2.43. The summed E-state index contributed by atoms with van der Waals surface area (Å²) in [5, 5.41) is -3.98. The van der Waals surface area contributed by atoms with Crippen LogP contribution in [0, 0.1) is 12.8 Å². The standard InChI is InChI=1S/C24H27ClF2OS/c1-4-5-11-23(29-20-14-12-17(2)13-15-20)21(24(25,26)27)16-22(28)18(3)19-9-7-6-8-10-19/h4,6-10,12-15,18,21,23H,1,5,11,16H2,2-3H3/t18-,21-,23-/m0/s1.